The Bertz CT molecular complexity index is 1540. The third-order valence-electron chi connectivity index (χ3n) is 5.42. The van der Waals surface area contributed by atoms with Crippen LogP contribution in [0.3, 0.4) is 0 Å². The summed E-state index contributed by atoms with van der Waals surface area (Å²) in [5.41, 5.74) is 1.85. The van der Waals surface area contributed by atoms with Crippen LogP contribution in [0.2, 0.25) is 5.02 Å². The van der Waals surface area contributed by atoms with E-state index in [0.717, 1.165) is 0 Å². The average Bonchev–Trinajstić information content (AvgIpc) is 3.10. The van der Waals surface area contributed by atoms with Gasteiger partial charge < -0.3 is 14.6 Å². The largest absolute Gasteiger partial charge is 0.503 e. The van der Waals surface area contributed by atoms with Gasteiger partial charge in [0.15, 0.2) is 16.3 Å². The molecule has 188 valence electrons. The number of fused-ring (bicyclic) bond motifs is 1. The number of halogens is 2. The van der Waals surface area contributed by atoms with Crippen LogP contribution in [-0.2, 0) is 9.53 Å². The van der Waals surface area contributed by atoms with Crippen molar-refractivity contribution in [2.24, 2.45) is 4.99 Å². The van der Waals surface area contributed by atoms with Crippen molar-refractivity contribution in [3.8, 4) is 11.5 Å². The molecule has 1 aromatic heterocycles. The number of ether oxygens (including phenoxy) is 2. The van der Waals surface area contributed by atoms with Crippen LogP contribution in [0.4, 0.5) is 0 Å². The molecular weight excluding hydrogens is 568 g/mol. The SMILES string of the molecule is CCOc1cc(C=c2sc3n(c2=O)C(c2ccc(Cl)cc2)C(C(=O)OC(C)C)=C(C)N=3)cc(Br)c1O. The summed E-state index contributed by atoms with van der Waals surface area (Å²) in [5.74, 6) is -0.231. The zero-order valence-electron chi connectivity index (χ0n) is 20.0. The number of aromatic nitrogens is 1. The number of esters is 1. The molecule has 0 saturated carbocycles. The number of hydrogen-bond donors (Lipinski definition) is 1. The number of benzene rings is 2. The van der Waals surface area contributed by atoms with Crippen molar-refractivity contribution in [1.82, 2.24) is 4.57 Å². The fourth-order valence-electron chi connectivity index (χ4n) is 3.91. The topological polar surface area (TPSA) is 90.1 Å². The number of phenols is 1. The Hall–Kier alpha value is -2.88. The Morgan fingerprint density at radius 1 is 1.31 bits per heavy atom. The number of aromatic hydroxyl groups is 1. The lowest BCUT2D eigenvalue weighted by atomic mass is 9.96. The summed E-state index contributed by atoms with van der Waals surface area (Å²) in [6.07, 6.45) is 1.38. The highest BCUT2D eigenvalue weighted by Gasteiger charge is 2.33. The maximum absolute atomic E-state index is 13.7. The van der Waals surface area contributed by atoms with Gasteiger partial charge in [0, 0.05) is 5.02 Å². The van der Waals surface area contributed by atoms with Crippen LogP contribution in [0, 0.1) is 0 Å². The van der Waals surface area contributed by atoms with E-state index < -0.39 is 12.0 Å². The average molecular weight is 592 g/mol. The van der Waals surface area contributed by atoms with Gasteiger partial charge in [0.25, 0.3) is 5.56 Å². The van der Waals surface area contributed by atoms with Crippen LogP contribution in [0.25, 0.3) is 6.08 Å². The predicted molar refractivity (Wildman–Crippen MR) is 143 cm³/mol. The quantitative estimate of drug-likeness (QED) is 0.420. The molecule has 2 aromatic carbocycles. The smallest absolute Gasteiger partial charge is 0.338 e. The monoisotopic (exact) mass is 590 g/mol. The van der Waals surface area contributed by atoms with Gasteiger partial charge in [-0.05, 0) is 85.1 Å². The summed E-state index contributed by atoms with van der Waals surface area (Å²) in [5, 5.41) is 10.8. The van der Waals surface area contributed by atoms with Gasteiger partial charge in [0.05, 0.1) is 39.0 Å². The molecule has 0 aliphatic carbocycles. The Kier molecular flexibility index (Phi) is 7.73. The molecule has 4 rings (SSSR count). The number of rotatable bonds is 6. The second-order valence-corrected chi connectivity index (χ2v) is 10.7. The highest BCUT2D eigenvalue weighted by atomic mass is 79.9. The summed E-state index contributed by atoms with van der Waals surface area (Å²) in [7, 11) is 0. The molecule has 1 atom stereocenters. The summed E-state index contributed by atoms with van der Waals surface area (Å²) in [4.78, 5) is 31.9. The van der Waals surface area contributed by atoms with E-state index in [4.69, 9.17) is 21.1 Å². The first-order chi connectivity index (χ1) is 17.1. The van der Waals surface area contributed by atoms with Crippen LogP contribution in [0.15, 0.2) is 61.9 Å². The van der Waals surface area contributed by atoms with Crippen LogP contribution >= 0.6 is 38.9 Å². The molecule has 2 heterocycles. The molecule has 0 spiro atoms. The molecule has 0 bridgehead atoms. The molecular formula is C26H24BrClN2O5S. The van der Waals surface area contributed by atoms with Gasteiger partial charge in [-0.1, -0.05) is 35.1 Å². The van der Waals surface area contributed by atoms with Crippen molar-refractivity contribution >= 4 is 50.9 Å². The first-order valence-electron chi connectivity index (χ1n) is 11.2. The summed E-state index contributed by atoms with van der Waals surface area (Å²) < 4.78 is 13.4. The zero-order chi connectivity index (χ0) is 26.1. The fourth-order valence-corrected chi connectivity index (χ4v) is 5.55. The van der Waals surface area contributed by atoms with E-state index in [0.29, 0.717) is 53.6 Å². The molecule has 1 aliphatic heterocycles. The maximum atomic E-state index is 13.7. The van der Waals surface area contributed by atoms with Gasteiger partial charge in [0.1, 0.15) is 0 Å². The summed E-state index contributed by atoms with van der Waals surface area (Å²) in [6.45, 7) is 7.47. The van der Waals surface area contributed by atoms with E-state index in [1.807, 2.05) is 6.92 Å². The van der Waals surface area contributed by atoms with Crippen LogP contribution in [0.5, 0.6) is 11.5 Å². The van der Waals surface area contributed by atoms with Gasteiger partial charge in [-0.15, -0.1) is 0 Å². The Morgan fingerprint density at radius 3 is 2.64 bits per heavy atom. The number of nitrogens with zero attached hydrogens (tertiary/aromatic N) is 2. The Labute approximate surface area is 225 Å². The number of allylic oxidation sites excluding steroid dienone is 1. The highest BCUT2D eigenvalue weighted by molar-refractivity contribution is 9.10. The van der Waals surface area contributed by atoms with Crippen molar-refractivity contribution in [2.75, 3.05) is 6.61 Å². The van der Waals surface area contributed by atoms with E-state index in [2.05, 4.69) is 20.9 Å². The van der Waals surface area contributed by atoms with E-state index in [-0.39, 0.29) is 17.4 Å². The molecule has 36 heavy (non-hydrogen) atoms. The van der Waals surface area contributed by atoms with Crippen LogP contribution < -0.4 is 19.6 Å². The summed E-state index contributed by atoms with van der Waals surface area (Å²) in [6, 6.07) is 9.65. The van der Waals surface area contributed by atoms with Crippen molar-refractivity contribution in [2.45, 2.75) is 39.8 Å². The fraction of sp³-hybridized carbons (Fsp3) is 0.269. The molecule has 3 aromatic rings. The Morgan fingerprint density at radius 2 is 2.00 bits per heavy atom. The zero-order valence-corrected chi connectivity index (χ0v) is 23.2. The number of phenolic OH excluding ortho intramolecular Hbond substituents is 1. The molecule has 0 radical (unpaired) electrons. The van der Waals surface area contributed by atoms with Crippen LogP contribution in [0.1, 0.15) is 44.9 Å². The first-order valence-corrected chi connectivity index (χ1v) is 13.2. The van der Waals surface area contributed by atoms with E-state index in [1.165, 1.54) is 15.9 Å². The van der Waals surface area contributed by atoms with Gasteiger partial charge in [0.2, 0.25) is 0 Å². The van der Waals surface area contributed by atoms with Crippen LogP contribution in [-0.4, -0.2) is 28.4 Å². The van der Waals surface area contributed by atoms with Gasteiger partial charge >= 0.3 is 5.97 Å². The van der Waals surface area contributed by atoms with Crippen molar-refractivity contribution in [3.05, 3.63) is 88.0 Å². The molecule has 7 nitrogen and oxygen atoms in total. The van der Waals surface area contributed by atoms with Crippen molar-refractivity contribution in [1.29, 1.82) is 0 Å². The molecule has 0 fully saturated rings. The predicted octanol–water partition coefficient (Wildman–Crippen LogP) is 4.71. The lowest BCUT2D eigenvalue weighted by Gasteiger charge is -2.25. The summed E-state index contributed by atoms with van der Waals surface area (Å²) >= 11 is 10.7. The molecule has 1 N–H and O–H groups in total. The lowest BCUT2D eigenvalue weighted by Crippen LogP contribution is -2.40. The lowest BCUT2D eigenvalue weighted by molar-refractivity contribution is -0.143. The number of hydrogen-bond acceptors (Lipinski definition) is 7. The van der Waals surface area contributed by atoms with Crippen molar-refractivity contribution in [3.63, 3.8) is 0 Å². The first kappa shape index (κ1) is 26.2. The minimum Gasteiger partial charge on any atom is -0.503 e. The number of carbonyl (C=O) groups excluding carboxylic acids is 1. The van der Waals surface area contributed by atoms with Gasteiger partial charge in [-0.25, -0.2) is 9.79 Å². The molecule has 0 saturated heterocycles. The second kappa shape index (κ2) is 10.6. The normalized spacial score (nSPS) is 15.6. The Balaban J connectivity index is 1.93. The number of thiazole rings is 1. The van der Waals surface area contributed by atoms with Gasteiger partial charge in [-0.3, -0.25) is 9.36 Å². The molecule has 1 aliphatic rings. The maximum Gasteiger partial charge on any atom is 0.338 e. The van der Waals surface area contributed by atoms with E-state index >= 15 is 0 Å². The van der Waals surface area contributed by atoms with Gasteiger partial charge in [-0.2, -0.15) is 0 Å². The van der Waals surface area contributed by atoms with E-state index in [9.17, 15) is 14.7 Å². The molecule has 0 amide bonds. The van der Waals surface area contributed by atoms with E-state index in [1.54, 1.807) is 63.2 Å². The second-order valence-electron chi connectivity index (χ2n) is 8.37. The third kappa shape index (κ3) is 5.14. The minimum atomic E-state index is -0.725. The minimum absolute atomic E-state index is 0.0119. The standard InChI is InChI=1S/C26H24BrClN2O5S/c1-5-34-19-11-15(10-18(27)23(19)31)12-20-24(32)30-22(16-6-8-17(28)9-7-16)21(25(33)35-13(2)3)14(4)29-26(30)36-20/h6-13,22,31H,5H2,1-4H3. The third-order valence-corrected chi connectivity index (χ3v) is 7.26. The highest BCUT2D eigenvalue weighted by Crippen LogP contribution is 2.36. The number of carbonyl (C=O) groups is 1. The van der Waals surface area contributed by atoms with Crippen molar-refractivity contribution < 1.29 is 19.4 Å². The molecule has 10 heteroatoms. The molecule has 1 unspecified atom stereocenters.